The molecule has 2 aromatic rings. The van der Waals surface area contributed by atoms with Gasteiger partial charge < -0.3 is 15.0 Å². The highest BCUT2D eigenvalue weighted by Gasteiger charge is 2.24. The smallest absolute Gasteiger partial charge is 0.407 e. The second-order valence-electron chi connectivity index (χ2n) is 5.20. The number of alkyl carbamates (subject to hydrolysis) is 1. The number of anilines is 1. The lowest BCUT2D eigenvalue weighted by Gasteiger charge is -2.32. The highest BCUT2D eigenvalue weighted by atomic mass is 35.5. The normalized spacial score (nSPS) is 15.8. The van der Waals surface area contributed by atoms with Crippen LogP contribution in [0.3, 0.4) is 0 Å². The molecule has 6 nitrogen and oxygen atoms in total. The van der Waals surface area contributed by atoms with Crippen molar-refractivity contribution < 1.29 is 9.53 Å². The number of hydrogen-bond donors (Lipinski definition) is 1. The van der Waals surface area contributed by atoms with Crippen LogP contribution in [0.5, 0.6) is 0 Å². The van der Waals surface area contributed by atoms with Gasteiger partial charge in [-0.05, 0) is 0 Å². The Balaban J connectivity index is 1.77. The Bertz CT molecular complexity index is 686. The summed E-state index contributed by atoms with van der Waals surface area (Å²) in [6, 6.07) is 7.84. The van der Waals surface area contributed by atoms with E-state index >= 15 is 0 Å². The SMILES string of the molecule is CNC(=O)OC1CCN(c2nnc(Cl)c3ccccc23)CC1. The lowest BCUT2D eigenvalue weighted by molar-refractivity contribution is 0.0848. The molecule has 1 aliphatic heterocycles. The first-order valence-corrected chi connectivity index (χ1v) is 7.61. The molecule has 0 saturated carbocycles. The maximum absolute atomic E-state index is 11.3. The number of nitrogens with one attached hydrogen (secondary N) is 1. The number of fused-ring (bicyclic) bond motifs is 1. The van der Waals surface area contributed by atoms with Crippen molar-refractivity contribution in [2.45, 2.75) is 18.9 Å². The van der Waals surface area contributed by atoms with Gasteiger partial charge in [-0.15, -0.1) is 10.2 Å². The summed E-state index contributed by atoms with van der Waals surface area (Å²) in [7, 11) is 1.56. The summed E-state index contributed by atoms with van der Waals surface area (Å²) < 4.78 is 5.30. The molecule has 0 unspecified atom stereocenters. The van der Waals surface area contributed by atoms with Crippen molar-refractivity contribution in [3.63, 3.8) is 0 Å². The number of benzene rings is 1. The predicted molar refractivity (Wildman–Crippen MR) is 85.3 cm³/mol. The Morgan fingerprint density at radius 3 is 2.64 bits per heavy atom. The fourth-order valence-corrected chi connectivity index (χ4v) is 2.89. The number of aromatic nitrogens is 2. The van der Waals surface area contributed by atoms with E-state index in [1.165, 1.54) is 0 Å². The number of carbonyl (C=O) groups is 1. The molecule has 7 heteroatoms. The molecule has 1 aromatic heterocycles. The van der Waals surface area contributed by atoms with Gasteiger partial charge in [0.15, 0.2) is 11.0 Å². The maximum atomic E-state index is 11.3. The van der Waals surface area contributed by atoms with Crippen LogP contribution in [0.4, 0.5) is 10.6 Å². The molecular weight excluding hydrogens is 304 g/mol. The molecule has 22 heavy (non-hydrogen) atoms. The molecular formula is C15H17ClN4O2. The highest BCUT2D eigenvalue weighted by molar-refractivity contribution is 6.34. The van der Waals surface area contributed by atoms with E-state index in [9.17, 15) is 4.79 Å². The number of carbonyl (C=O) groups excluding carboxylic acids is 1. The van der Waals surface area contributed by atoms with Crippen LogP contribution < -0.4 is 10.2 Å². The number of nitrogens with zero attached hydrogens (tertiary/aromatic N) is 3. The molecule has 1 amide bonds. The van der Waals surface area contributed by atoms with Gasteiger partial charge in [0.05, 0.1) is 0 Å². The lowest BCUT2D eigenvalue weighted by Crippen LogP contribution is -2.39. The Kier molecular flexibility index (Phi) is 4.29. The minimum absolute atomic E-state index is 0.0530. The fraction of sp³-hybridized carbons (Fsp3) is 0.400. The predicted octanol–water partition coefficient (Wildman–Crippen LogP) is 2.61. The van der Waals surface area contributed by atoms with Crippen LogP contribution in [0.1, 0.15) is 12.8 Å². The van der Waals surface area contributed by atoms with Gasteiger partial charge in [0.25, 0.3) is 0 Å². The molecule has 1 aromatic carbocycles. The third-order valence-corrected chi connectivity index (χ3v) is 4.12. The summed E-state index contributed by atoms with van der Waals surface area (Å²) in [5, 5.41) is 13.1. The van der Waals surface area contributed by atoms with Crippen molar-refractivity contribution in [3.8, 4) is 0 Å². The summed E-state index contributed by atoms with van der Waals surface area (Å²) in [6.45, 7) is 1.53. The van der Waals surface area contributed by atoms with Gasteiger partial charge in [0, 0.05) is 43.8 Å². The van der Waals surface area contributed by atoms with Gasteiger partial charge in [-0.2, -0.15) is 0 Å². The van der Waals surface area contributed by atoms with Crippen LogP contribution in [0, 0.1) is 0 Å². The van der Waals surface area contributed by atoms with Gasteiger partial charge in [-0.1, -0.05) is 35.9 Å². The average molecular weight is 321 g/mol. The Hall–Kier alpha value is -2.08. The first-order valence-electron chi connectivity index (χ1n) is 7.23. The van der Waals surface area contributed by atoms with Crippen LogP contribution in [0.2, 0.25) is 5.15 Å². The van der Waals surface area contributed by atoms with E-state index in [2.05, 4.69) is 20.4 Å². The Labute approximate surface area is 133 Å². The van der Waals surface area contributed by atoms with Gasteiger partial charge in [-0.3, -0.25) is 0 Å². The number of halogens is 1. The van der Waals surface area contributed by atoms with E-state index in [-0.39, 0.29) is 12.2 Å². The molecule has 116 valence electrons. The first kappa shape index (κ1) is 14.8. The summed E-state index contributed by atoms with van der Waals surface area (Å²) in [6.07, 6.45) is 1.11. The van der Waals surface area contributed by atoms with E-state index in [1.807, 2.05) is 24.3 Å². The van der Waals surface area contributed by atoms with Crippen LogP contribution >= 0.6 is 11.6 Å². The largest absolute Gasteiger partial charge is 0.446 e. The lowest BCUT2D eigenvalue weighted by atomic mass is 10.1. The van der Waals surface area contributed by atoms with Gasteiger partial charge in [-0.25, -0.2) is 4.79 Å². The monoisotopic (exact) mass is 320 g/mol. The van der Waals surface area contributed by atoms with Crippen LogP contribution in [-0.4, -0.2) is 42.5 Å². The first-order chi connectivity index (χ1) is 10.7. The molecule has 3 rings (SSSR count). The highest BCUT2D eigenvalue weighted by Crippen LogP contribution is 2.30. The molecule has 2 heterocycles. The number of rotatable bonds is 2. The third kappa shape index (κ3) is 2.92. The van der Waals surface area contributed by atoms with Crippen LogP contribution in [0.15, 0.2) is 24.3 Å². The minimum atomic E-state index is -0.379. The Morgan fingerprint density at radius 2 is 1.95 bits per heavy atom. The topological polar surface area (TPSA) is 67.3 Å². The van der Waals surface area contributed by atoms with E-state index in [4.69, 9.17) is 16.3 Å². The molecule has 1 aliphatic rings. The van der Waals surface area contributed by atoms with Crippen molar-refractivity contribution in [1.82, 2.24) is 15.5 Å². The number of amides is 1. The molecule has 1 N–H and O–H groups in total. The molecule has 0 radical (unpaired) electrons. The number of ether oxygens (including phenoxy) is 1. The second-order valence-corrected chi connectivity index (χ2v) is 5.56. The van der Waals surface area contributed by atoms with Gasteiger partial charge in [0.1, 0.15) is 6.10 Å². The van der Waals surface area contributed by atoms with Crippen molar-refractivity contribution >= 4 is 34.3 Å². The standard InChI is InChI=1S/C15H17ClN4O2/c1-17-15(21)22-10-6-8-20(9-7-10)14-12-5-3-2-4-11(12)13(16)18-19-14/h2-5,10H,6-9H2,1H3,(H,17,21). The van der Waals surface area contributed by atoms with E-state index in [1.54, 1.807) is 7.05 Å². The third-order valence-electron chi connectivity index (χ3n) is 3.84. The molecule has 1 saturated heterocycles. The summed E-state index contributed by atoms with van der Waals surface area (Å²) in [5.41, 5.74) is 0. The van der Waals surface area contributed by atoms with Crippen LogP contribution in [-0.2, 0) is 4.74 Å². The van der Waals surface area contributed by atoms with Crippen molar-refractivity contribution in [2.75, 3.05) is 25.0 Å². The second kappa shape index (κ2) is 6.36. The summed E-state index contributed by atoms with van der Waals surface area (Å²) in [5.74, 6) is 0.832. The zero-order chi connectivity index (χ0) is 15.5. The quantitative estimate of drug-likeness (QED) is 0.921. The van der Waals surface area contributed by atoms with E-state index in [0.29, 0.717) is 5.15 Å². The average Bonchev–Trinajstić information content (AvgIpc) is 2.56. The molecule has 0 bridgehead atoms. The zero-order valence-corrected chi connectivity index (χ0v) is 13.0. The summed E-state index contributed by atoms with van der Waals surface area (Å²) >= 11 is 6.11. The number of hydrogen-bond acceptors (Lipinski definition) is 5. The van der Waals surface area contributed by atoms with Gasteiger partial charge in [0.2, 0.25) is 0 Å². The van der Waals surface area contributed by atoms with Crippen LogP contribution in [0.25, 0.3) is 10.8 Å². The van der Waals surface area contributed by atoms with Crippen molar-refractivity contribution in [2.24, 2.45) is 0 Å². The van der Waals surface area contributed by atoms with E-state index in [0.717, 1.165) is 42.5 Å². The number of piperidine rings is 1. The summed E-state index contributed by atoms with van der Waals surface area (Å²) in [4.78, 5) is 13.4. The minimum Gasteiger partial charge on any atom is -0.446 e. The Morgan fingerprint density at radius 1 is 1.27 bits per heavy atom. The molecule has 1 fully saturated rings. The van der Waals surface area contributed by atoms with E-state index < -0.39 is 0 Å². The van der Waals surface area contributed by atoms with Crippen molar-refractivity contribution in [3.05, 3.63) is 29.4 Å². The molecule has 0 spiro atoms. The van der Waals surface area contributed by atoms with Crippen molar-refractivity contribution in [1.29, 1.82) is 0 Å². The zero-order valence-electron chi connectivity index (χ0n) is 12.3. The molecule has 0 aliphatic carbocycles. The molecule has 0 atom stereocenters. The van der Waals surface area contributed by atoms with Gasteiger partial charge >= 0.3 is 6.09 Å². The fourth-order valence-electron chi connectivity index (χ4n) is 2.69. The maximum Gasteiger partial charge on any atom is 0.407 e.